The summed E-state index contributed by atoms with van der Waals surface area (Å²) in [7, 11) is 0. The Labute approximate surface area is 127 Å². The molecule has 0 radical (unpaired) electrons. The predicted octanol–water partition coefficient (Wildman–Crippen LogP) is 3.48. The molecule has 0 aliphatic heterocycles. The van der Waals surface area contributed by atoms with Gasteiger partial charge in [-0.1, -0.05) is 23.7 Å². The topological polar surface area (TPSA) is 52.8 Å². The molecule has 0 N–H and O–H groups in total. The Morgan fingerprint density at radius 3 is 2.67 bits per heavy atom. The number of aryl methyl sites for hydroxylation is 2. The summed E-state index contributed by atoms with van der Waals surface area (Å²) < 4.78 is 7.63. The van der Waals surface area contributed by atoms with Crippen LogP contribution in [0.15, 0.2) is 24.3 Å². The largest absolute Gasteiger partial charge is 0.492 e. The van der Waals surface area contributed by atoms with E-state index in [0.29, 0.717) is 28.7 Å². The molecule has 1 aromatic carbocycles. The zero-order valence-corrected chi connectivity index (χ0v) is 12.8. The number of imidazole rings is 1. The number of para-hydroxylation sites is 2. The highest BCUT2D eigenvalue weighted by atomic mass is 35.5. The van der Waals surface area contributed by atoms with Crippen LogP contribution in [0.5, 0.6) is 5.75 Å². The second-order valence-electron chi connectivity index (χ2n) is 4.63. The van der Waals surface area contributed by atoms with Gasteiger partial charge in [0.05, 0.1) is 12.3 Å². The van der Waals surface area contributed by atoms with Crippen molar-refractivity contribution >= 4 is 22.8 Å². The molecule has 2 heterocycles. The average Bonchev–Trinajstić information content (AvgIpc) is 2.76. The third-order valence-corrected chi connectivity index (χ3v) is 3.42. The Morgan fingerprint density at radius 2 is 1.90 bits per heavy atom. The fourth-order valence-corrected chi connectivity index (χ4v) is 2.66. The van der Waals surface area contributed by atoms with Crippen molar-refractivity contribution in [1.29, 1.82) is 0 Å². The van der Waals surface area contributed by atoms with Crippen molar-refractivity contribution in [3.63, 3.8) is 0 Å². The van der Waals surface area contributed by atoms with E-state index in [0.717, 1.165) is 17.3 Å². The number of nitrogens with zero attached hydrogens (tertiary/aromatic N) is 4. The van der Waals surface area contributed by atoms with Crippen LogP contribution in [0, 0.1) is 13.8 Å². The Hall–Kier alpha value is -2.14. The maximum Gasteiger partial charge on any atom is 0.183 e. The van der Waals surface area contributed by atoms with Gasteiger partial charge >= 0.3 is 0 Å². The summed E-state index contributed by atoms with van der Waals surface area (Å²) in [4.78, 5) is 13.1. The first-order valence-electron chi connectivity index (χ1n) is 6.73. The van der Waals surface area contributed by atoms with Crippen LogP contribution >= 0.6 is 11.6 Å². The Kier molecular flexibility index (Phi) is 3.51. The summed E-state index contributed by atoms with van der Waals surface area (Å²) in [6, 6.07) is 7.78. The van der Waals surface area contributed by atoms with Gasteiger partial charge in [-0.05, 0) is 32.9 Å². The molecule has 0 atom stereocenters. The molecule has 0 unspecified atom stereocenters. The van der Waals surface area contributed by atoms with Crippen molar-refractivity contribution in [3.8, 4) is 11.4 Å². The number of aromatic nitrogens is 4. The number of hydrogen-bond donors (Lipinski definition) is 0. The maximum absolute atomic E-state index is 6.31. The lowest BCUT2D eigenvalue weighted by Crippen LogP contribution is -2.03. The van der Waals surface area contributed by atoms with Crippen LogP contribution in [0.2, 0.25) is 5.15 Å². The van der Waals surface area contributed by atoms with Crippen molar-refractivity contribution in [2.75, 3.05) is 6.61 Å². The monoisotopic (exact) mass is 302 g/mol. The highest BCUT2D eigenvalue weighted by Gasteiger charge is 2.17. The van der Waals surface area contributed by atoms with Crippen molar-refractivity contribution in [2.24, 2.45) is 0 Å². The minimum Gasteiger partial charge on any atom is -0.492 e. The molecular formula is C15H15ClN4O. The van der Waals surface area contributed by atoms with Crippen molar-refractivity contribution < 1.29 is 4.74 Å². The lowest BCUT2D eigenvalue weighted by molar-refractivity contribution is 0.339. The molecule has 2 aromatic heterocycles. The van der Waals surface area contributed by atoms with Crippen LogP contribution in [0.3, 0.4) is 0 Å². The smallest absolute Gasteiger partial charge is 0.183 e. The Morgan fingerprint density at radius 1 is 1.14 bits per heavy atom. The highest BCUT2D eigenvalue weighted by Crippen LogP contribution is 2.30. The second kappa shape index (κ2) is 5.33. The van der Waals surface area contributed by atoms with Gasteiger partial charge in [-0.2, -0.15) is 0 Å². The van der Waals surface area contributed by atoms with E-state index in [4.69, 9.17) is 16.3 Å². The van der Waals surface area contributed by atoms with E-state index in [1.54, 1.807) is 6.92 Å². The van der Waals surface area contributed by atoms with Crippen LogP contribution in [0.25, 0.3) is 16.9 Å². The minimum absolute atomic E-state index is 0.393. The van der Waals surface area contributed by atoms with Crippen LogP contribution in [0.1, 0.15) is 18.6 Å². The first-order chi connectivity index (χ1) is 10.1. The summed E-state index contributed by atoms with van der Waals surface area (Å²) in [6.45, 7) is 6.25. The maximum atomic E-state index is 6.31. The van der Waals surface area contributed by atoms with Gasteiger partial charge in [0.15, 0.2) is 10.8 Å². The molecule has 6 heteroatoms. The number of hydrogen-bond acceptors (Lipinski definition) is 4. The first kappa shape index (κ1) is 13.8. The molecule has 0 saturated carbocycles. The van der Waals surface area contributed by atoms with Crippen LogP contribution in [0.4, 0.5) is 0 Å². The number of fused-ring (bicyclic) bond motifs is 1. The van der Waals surface area contributed by atoms with Crippen molar-refractivity contribution in [3.05, 3.63) is 41.1 Å². The predicted molar refractivity (Wildman–Crippen MR) is 82.3 cm³/mol. The number of halogens is 1. The number of rotatable bonds is 3. The summed E-state index contributed by atoms with van der Waals surface area (Å²) >= 11 is 6.31. The lowest BCUT2D eigenvalue weighted by atomic mass is 10.3. The molecular weight excluding hydrogens is 288 g/mol. The van der Waals surface area contributed by atoms with Gasteiger partial charge in [-0.15, -0.1) is 0 Å². The number of benzene rings is 1. The third kappa shape index (κ3) is 2.34. The van der Waals surface area contributed by atoms with Gasteiger partial charge in [-0.25, -0.2) is 15.0 Å². The summed E-state index contributed by atoms with van der Waals surface area (Å²) in [6.07, 6.45) is 0. The quantitative estimate of drug-likeness (QED) is 0.695. The van der Waals surface area contributed by atoms with E-state index in [2.05, 4.69) is 15.0 Å². The number of ether oxygens (including phenoxy) is 1. The molecule has 0 amide bonds. The van der Waals surface area contributed by atoms with Crippen LogP contribution in [-0.4, -0.2) is 26.1 Å². The highest BCUT2D eigenvalue weighted by molar-refractivity contribution is 6.33. The summed E-state index contributed by atoms with van der Waals surface area (Å²) in [5.74, 6) is 2.17. The Balaban J connectivity index is 2.33. The fraction of sp³-hybridized carbons (Fsp3) is 0.267. The molecule has 3 aromatic rings. The summed E-state index contributed by atoms with van der Waals surface area (Å²) in [5, 5.41) is 0.393. The molecule has 0 fully saturated rings. The second-order valence-corrected chi connectivity index (χ2v) is 4.99. The van der Waals surface area contributed by atoms with Gasteiger partial charge in [0.1, 0.15) is 22.9 Å². The van der Waals surface area contributed by atoms with Gasteiger partial charge < -0.3 is 4.74 Å². The van der Waals surface area contributed by atoms with E-state index in [1.165, 1.54) is 0 Å². The molecule has 108 valence electrons. The van der Waals surface area contributed by atoms with Gasteiger partial charge in [0.25, 0.3) is 0 Å². The van der Waals surface area contributed by atoms with Gasteiger partial charge in [-0.3, -0.25) is 4.57 Å². The standard InChI is InChI=1S/C15H15ClN4O/c1-4-21-12-8-6-5-7-11(12)20-10(3)19-15-13(20)14(16)17-9(2)18-15/h5-8H,4H2,1-3H3. The third-order valence-electron chi connectivity index (χ3n) is 3.16. The molecule has 0 saturated heterocycles. The van der Waals surface area contributed by atoms with Crippen molar-refractivity contribution in [1.82, 2.24) is 19.5 Å². The molecule has 3 rings (SSSR count). The van der Waals surface area contributed by atoms with E-state index in [-0.39, 0.29) is 0 Å². The zero-order chi connectivity index (χ0) is 15.0. The van der Waals surface area contributed by atoms with Gasteiger partial charge in [0, 0.05) is 0 Å². The Bertz CT molecular complexity index is 813. The SMILES string of the molecule is CCOc1ccccc1-n1c(C)nc2nc(C)nc(Cl)c21. The molecule has 5 nitrogen and oxygen atoms in total. The fourth-order valence-electron chi connectivity index (χ4n) is 2.37. The molecule has 0 aliphatic carbocycles. The molecule has 0 bridgehead atoms. The average molecular weight is 303 g/mol. The van der Waals surface area contributed by atoms with Crippen molar-refractivity contribution in [2.45, 2.75) is 20.8 Å². The van der Waals surface area contributed by atoms with Crippen LogP contribution in [-0.2, 0) is 0 Å². The first-order valence-corrected chi connectivity index (χ1v) is 7.11. The van der Waals surface area contributed by atoms with E-state index < -0.39 is 0 Å². The minimum atomic E-state index is 0.393. The molecule has 21 heavy (non-hydrogen) atoms. The van der Waals surface area contributed by atoms with E-state index >= 15 is 0 Å². The normalized spacial score (nSPS) is 11.0. The van der Waals surface area contributed by atoms with E-state index in [9.17, 15) is 0 Å². The van der Waals surface area contributed by atoms with Gasteiger partial charge in [0.2, 0.25) is 0 Å². The zero-order valence-electron chi connectivity index (χ0n) is 12.1. The molecule has 0 spiro atoms. The van der Waals surface area contributed by atoms with Crippen LogP contribution < -0.4 is 4.74 Å². The summed E-state index contributed by atoms with van der Waals surface area (Å²) in [5.41, 5.74) is 2.18. The molecule has 0 aliphatic rings. The van der Waals surface area contributed by atoms with E-state index in [1.807, 2.05) is 42.7 Å². The lowest BCUT2D eigenvalue weighted by Gasteiger charge is -2.13.